The van der Waals surface area contributed by atoms with E-state index in [2.05, 4.69) is 221 Å². The van der Waals surface area contributed by atoms with Crippen LogP contribution in [0.25, 0.3) is 123 Å². The summed E-state index contributed by atoms with van der Waals surface area (Å²) >= 11 is 0. The first-order valence-corrected chi connectivity index (χ1v) is 23.0. The summed E-state index contributed by atoms with van der Waals surface area (Å²) in [7, 11) is 0. The molecule has 0 spiro atoms. The minimum absolute atomic E-state index is 0.589. The molecule has 5 nitrogen and oxygen atoms in total. The van der Waals surface area contributed by atoms with Crippen molar-refractivity contribution in [1.82, 2.24) is 24.1 Å². The van der Waals surface area contributed by atoms with Gasteiger partial charge in [-0.1, -0.05) is 188 Å². The van der Waals surface area contributed by atoms with Crippen molar-refractivity contribution < 1.29 is 0 Å². The van der Waals surface area contributed by atoms with Gasteiger partial charge in [0.25, 0.3) is 0 Å². The van der Waals surface area contributed by atoms with E-state index < -0.39 is 0 Å². The average molecular weight is 868 g/mol. The van der Waals surface area contributed by atoms with Crippen molar-refractivity contribution in [2.45, 2.75) is 0 Å². The van der Waals surface area contributed by atoms with Crippen molar-refractivity contribution in [3.63, 3.8) is 0 Å². The number of aromatic nitrogens is 5. The molecule has 0 aliphatic rings. The number of benzene rings is 10. The zero-order valence-electron chi connectivity index (χ0n) is 36.9. The minimum atomic E-state index is 0.589. The number of nitrogens with zero attached hydrogens (tertiary/aromatic N) is 5. The molecule has 0 aliphatic heterocycles. The molecular weight excluding hydrogens is 827 g/mol. The summed E-state index contributed by atoms with van der Waals surface area (Å²) in [4.78, 5) is 16.0. The normalized spacial score (nSPS) is 11.5. The highest BCUT2D eigenvalue weighted by Gasteiger charge is 2.24. The molecule has 0 saturated carbocycles. The average Bonchev–Trinajstić information content (AvgIpc) is 3.93. The third-order valence-corrected chi connectivity index (χ3v) is 13.1. The highest BCUT2D eigenvalue weighted by Crippen LogP contribution is 2.44. The Morgan fingerprint density at radius 2 is 0.588 bits per heavy atom. The van der Waals surface area contributed by atoms with Gasteiger partial charge in [0, 0.05) is 49.6 Å². The maximum Gasteiger partial charge on any atom is 0.166 e. The molecule has 68 heavy (non-hydrogen) atoms. The molecule has 10 aromatic carbocycles. The first kappa shape index (κ1) is 39.2. The zero-order valence-corrected chi connectivity index (χ0v) is 36.9. The first-order valence-electron chi connectivity index (χ1n) is 23.0. The molecule has 0 fully saturated rings. The highest BCUT2D eigenvalue weighted by molar-refractivity contribution is 6.17. The lowest BCUT2D eigenvalue weighted by molar-refractivity contribution is 1.07. The predicted molar refractivity (Wildman–Crippen MR) is 281 cm³/mol. The Balaban J connectivity index is 1.17. The Kier molecular flexibility index (Phi) is 9.43. The summed E-state index contributed by atoms with van der Waals surface area (Å²) in [6.07, 6.45) is 0. The number of para-hydroxylation sites is 1. The van der Waals surface area contributed by atoms with Gasteiger partial charge in [-0.2, -0.15) is 0 Å². The second-order valence-electron chi connectivity index (χ2n) is 17.2. The second-order valence-corrected chi connectivity index (χ2v) is 17.2. The number of hydrogen-bond donors (Lipinski definition) is 0. The van der Waals surface area contributed by atoms with E-state index in [1.807, 2.05) is 36.4 Å². The molecule has 3 heterocycles. The van der Waals surface area contributed by atoms with Crippen LogP contribution in [0.4, 0.5) is 0 Å². The Morgan fingerprint density at radius 1 is 0.235 bits per heavy atom. The Labute approximate surface area is 393 Å². The Morgan fingerprint density at radius 3 is 1.01 bits per heavy atom. The molecule has 3 aromatic heterocycles. The van der Waals surface area contributed by atoms with Crippen LogP contribution in [-0.2, 0) is 0 Å². The smallest absolute Gasteiger partial charge is 0.166 e. The third kappa shape index (κ3) is 6.76. The van der Waals surface area contributed by atoms with E-state index in [0.717, 1.165) is 72.0 Å². The van der Waals surface area contributed by atoms with Crippen molar-refractivity contribution in [3.8, 4) is 78.9 Å². The van der Waals surface area contributed by atoms with Crippen LogP contribution in [0.5, 0.6) is 0 Å². The molecule has 13 aromatic rings. The fourth-order valence-electron chi connectivity index (χ4n) is 9.94. The van der Waals surface area contributed by atoms with Crippen LogP contribution in [0.3, 0.4) is 0 Å². The van der Waals surface area contributed by atoms with E-state index in [4.69, 9.17) is 15.0 Å². The van der Waals surface area contributed by atoms with Crippen molar-refractivity contribution in [2.75, 3.05) is 0 Å². The first-order chi connectivity index (χ1) is 33.7. The summed E-state index contributed by atoms with van der Waals surface area (Å²) in [5.74, 6) is 1.81. The van der Waals surface area contributed by atoms with Gasteiger partial charge in [-0.15, -0.1) is 0 Å². The summed E-state index contributed by atoms with van der Waals surface area (Å²) in [5, 5.41) is 4.58. The Bertz CT molecular complexity index is 3820. The second kappa shape index (κ2) is 16.4. The molecule has 0 N–H and O–H groups in total. The van der Waals surface area contributed by atoms with E-state index >= 15 is 0 Å². The monoisotopic (exact) mass is 867 g/mol. The van der Waals surface area contributed by atoms with Gasteiger partial charge in [-0.25, -0.2) is 15.0 Å². The van der Waals surface area contributed by atoms with E-state index in [0.29, 0.717) is 17.5 Å². The van der Waals surface area contributed by atoms with Crippen molar-refractivity contribution in [3.05, 3.63) is 249 Å². The van der Waals surface area contributed by atoms with Gasteiger partial charge in [-0.05, 0) is 94.0 Å². The molecule has 0 unspecified atom stereocenters. The number of fused-ring (bicyclic) bond motifs is 6. The van der Waals surface area contributed by atoms with Crippen molar-refractivity contribution >= 4 is 43.6 Å². The molecule has 0 bridgehead atoms. The van der Waals surface area contributed by atoms with E-state index in [1.54, 1.807) is 0 Å². The van der Waals surface area contributed by atoms with Gasteiger partial charge < -0.3 is 9.13 Å². The van der Waals surface area contributed by atoms with Crippen LogP contribution in [0, 0.1) is 0 Å². The number of rotatable bonds is 8. The molecule has 0 atom stereocenters. The van der Waals surface area contributed by atoms with Gasteiger partial charge in [-0.3, -0.25) is 0 Å². The molecule has 0 amide bonds. The molecule has 13 rings (SSSR count). The fraction of sp³-hybridized carbons (Fsp3) is 0. The quantitative estimate of drug-likeness (QED) is 0.153. The van der Waals surface area contributed by atoms with Crippen molar-refractivity contribution in [2.24, 2.45) is 0 Å². The summed E-state index contributed by atoms with van der Waals surface area (Å²) < 4.78 is 4.82. The van der Waals surface area contributed by atoms with Crippen LogP contribution in [0.2, 0.25) is 0 Å². The summed E-state index contributed by atoms with van der Waals surface area (Å²) in [5.41, 5.74) is 16.1. The van der Waals surface area contributed by atoms with E-state index in [-0.39, 0.29) is 0 Å². The van der Waals surface area contributed by atoms with Gasteiger partial charge in [0.15, 0.2) is 17.5 Å². The van der Waals surface area contributed by atoms with Gasteiger partial charge in [0.05, 0.1) is 22.1 Å². The van der Waals surface area contributed by atoms with Crippen LogP contribution >= 0.6 is 0 Å². The lowest BCUT2D eigenvalue weighted by Crippen LogP contribution is -2.03. The maximum absolute atomic E-state index is 5.41. The van der Waals surface area contributed by atoms with E-state index in [9.17, 15) is 0 Å². The Hall–Kier alpha value is -9.19. The predicted octanol–water partition coefficient (Wildman–Crippen LogP) is 16.1. The molecule has 5 heteroatoms. The molecular formula is C63H41N5. The van der Waals surface area contributed by atoms with Gasteiger partial charge in [0.2, 0.25) is 0 Å². The largest absolute Gasteiger partial charge is 0.309 e. The minimum Gasteiger partial charge on any atom is -0.309 e. The number of hydrogen-bond acceptors (Lipinski definition) is 3. The topological polar surface area (TPSA) is 48.5 Å². The zero-order chi connectivity index (χ0) is 45.0. The highest BCUT2D eigenvalue weighted by atomic mass is 15.1. The summed E-state index contributed by atoms with van der Waals surface area (Å²) in [6, 6.07) is 88.4. The molecule has 0 aliphatic carbocycles. The standard InChI is InChI=1S/C63H41N5/c1-7-19-42(20-8-1)47-31-34-57-52(37-47)53-38-48(43-21-9-2-10-22-43)32-35-58(53)67(57)51-40-55-54-39-49(44-23-11-3-12-24-44)33-36-59(54)68(50-29-17-6-18-30-50)60(55)56(41-51)63-65-61(45-25-13-4-14-26-45)64-62(66-63)46-27-15-5-16-28-46/h1-41H. The maximum atomic E-state index is 5.41. The van der Waals surface area contributed by atoms with Gasteiger partial charge in [0.1, 0.15) is 0 Å². The molecule has 0 saturated heterocycles. The SMILES string of the molecule is c1ccc(-c2ccc3c(c2)c2cc(-c4ccccc4)ccc2n3-c2cc(-c3nc(-c4ccccc4)nc(-c4ccccc4)n3)c3c(c2)c2cc(-c4ccccc4)ccc2n3-c2ccccc2)cc1. The van der Waals surface area contributed by atoms with Crippen LogP contribution < -0.4 is 0 Å². The lowest BCUT2D eigenvalue weighted by Gasteiger charge is -2.15. The summed E-state index contributed by atoms with van der Waals surface area (Å²) in [6.45, 7) is 0. The van der Waals surface area contributed by atoms with Crippen molar-refractivity contribution in [1.29, 1.82) is 0 Å². The van der Waals surface area contributed by atoms with E-state index in [1.165, 1.54) is 33.0 Å². The van der Waals surface area contributed by atoms with Crippen LogP contribution in [0.1, 0.15) is 0 Å². The molecule has 318 valence electrons. The lowest BCUT2D eigenvalue weighted by atomic mass is 10.0. The fourth-order valence-corrected chi connectivity index (χ4v) is 9.94. The van der Waals surface area contributed by atoms with Crippen LogP contribution in [-0.4, -0.2) is 24.1 Å². The molecule has 0 radical (unpaired) electrons. The van der Waals surface area contributed by atoms with Gasteiger partial charge >= 0.3 is 0 Å². The van der Waals surface area contributed by atoms with Crippen LogP contribution in [0.15, 0.2) is 249 Å². The third-order valence-electron chi connectivity index (χ3n) is 13.1.